The van der Waals surface area contributed by atoms with Crippen LogP contribution in [-0.2, 0) is 6.18 Å². The normalized spacial score (nSPS) is 19.6. The van der Waals surface area contributed by atoms with Crippen molar-refractivity contribution < 1.29 is 18.0 Å². The largest absolute Gasteiger partial charge is 0.418 e. The molecular formula is C19H23F3N6O. The van der Waals surface area contributed by atoms with Gasteiger partial charge in [-0.2, -0.15) is 13.2 Å². The van der Waals surface area contributed by atoms with E-state index in [1.54, 1.807) is 0 Å². The number of ketones is 1. The SMILES string of the molecule is NNc1ncccc1C(=O)c1nc(NCC2CCC(N)CC2)ccc1C(F)(F)F. The summed E-state index contributed by atoms with van der Waals surface area (Å²) < 4.78 is 40.4. The minimum absolute atomic E-state index is 0.0238. The van der Waals surface area contributed by atoms with Crippen molar-refractivity contribution in [2.75, 3.05) is 17.3 Å². The van der Waals surface area contributed by atoms with Crippen LogP contribution in [0.5, 0.6) is 0 Å². The molecule has 0 saturated heterocycles. The number of carbonyl (C=O) groups excluding carboxylic acids is 1. The molecule has 6 N–H and O–H groups in total. The van der Waals surface area contributed by atoms with Gasteiger partial charge in [-0.05, 0) is 55.9 Å². The monoisotopic (exact) mass is 408 g/mol. The highest BCUT2D eigenvalue weighted by Crippen LogP contribution is 2.34. The highest BCUT2D eigenvalue weighted by atomic mass is 19.4. The third-order valence-corrected chi connectivity index (χ3v) is 5.07. The van der Waals surface area contributed by atoms with Gasteiger partial charge in [-0.3, -0.25) is 4.79 Å². The molecule has 2 aromatic heterocycles. The van der Waals surface area contributed by atoms with E-state index in [1.165, 1.54) is 24.4 Å². The smallest absolute Gasteiger partial charge is 0.370 e. The lowest BCUT2D eigenvalue weighted by Gasteiger charge is -2.26. The van der Waals surface area contributed by atoms with Crippen molar-refractivity contribution in [3.8, 4) is 0 Å². The Bertz CT molecular complexity index is 865. The van der Waals surface area contributed by atoms with Crippen molar-refractivity contribution in [3.05, 3.63) is 47.3 Å². The van der Waals surface area contributed by atoms with Gasteiger partial charge in [0.25, 0.3) is 0 Å². The molecule has 7 nitrogen and oxygen atoms in total. The quantitative estimate of drug-likeness (QED) is 0.330. The van der Waals surface area contributed by atoms with Crippen LogP contribution in [0.2, 0.25) is 0 Å². The van der Waals surface area contributed by atoms with Gasteiger partial charge in [0.15, 0.2) is 5.82 Å². The van der Waals surface area contributed by atoms with Crippen molar-refractivity contribution in [3.63, 3.8) is 0 Å². The number of nitrogens with two attached hydrogens (primary N) is 2. The maximum atomic E-state index is 13.5. The van der Waals surface area contributed by atoms with Gasteiger partial charge in [-0.1, -0.05) is 0 Å². The Kier molecular flexibility index (Phi) is 6.33. The molecule has 1 fully saturated rings. The molecule has 156 valence electrons. The predicted molar refractivity (Wildman–Crippen MR) is 103 cm³/mol. The Labute approximate surface area is 166 Å². The third-order valence-electron chi connectivity index (χ3n) is 5.07. The van der Waals surface area contributed by atoms with Crippen molar-refractivity contribution in [1.29, 1.82) is 0 Å². The third kappa shape index (κ3) is 5.01. The summed E-state index contributed by atoms with van der Waals surface area (Å²) in [7, 11) is 0. The molecule has 0 aliphatic heterocycles. The second-order valence-electron chi connectivity index (χ2n) is 7.13. The highest BCUT2D eigenvalue weighted by Gasteiger charge is 2.37. The molecule has 0 bridgehead atoms. The molecule has 0 atom stereocenters. The number of aromatic nitrogens is 2. The van der Waals surface area contributed by atoms with Crippen LogP contribution < -0.4 is 22.3 Å². The van der Waals surface area contributed by atoms with Crippen LogP contribution in [-0.4, -0.2) is 28.3 Å². The first kappa shape index (κ1) is 21.0. The number of nitrogens with one attached hydrogen (secondary N) is 2. The molecule has 2 aromatic rings. The number of rotatable bonds is 6. The summed E-state index contributed by atoms with van der Waals surface area (Å²) in [5.74, 6) is 4.97. The number of hydrogen-bond acceptors (Lipinski definition) is 7. The molecule has 1 saturated carbocycles. The van der Waals surface area contributed by atoms with Gasteiger partial charge in [0, 0.05) is 18.8 Å². The van der Waals surface area contributed by atoms with E-state index in [0.717, 1.165) is 31.7 Å². The van der Waals surface area contributed by atoms with E-state index in [9.17, 15) is 18.0 Å². The highest BCUT2D eigenvalue weighted by molar-refractivity contribution is 6.11. The summed E-state index contributed by atoms with van der Waals surface area (Å²) in [4.78, 5) is 20.7. The second-order valence-corrected chi connectivity index (χ2v) is 7.13. The van der Waals surface area contributed by atoms with Crippen molar-refractivity contribution in [2.24, 2.45) is 17.5 Å². The van der Waals surface area contributed by atoms with E-state index < -0.39 is 23.2 Å². The molecule has 3 rings (SSSR count). The lowest BCUT2D eigenvalue weighted by Crippen LogP contribution is -2.29. The first-order valence-corrected chi connectivity index (χ1v) is 9.33. The Hall–Kier alpha value is -2.72. The Morgan fingerprint density at radius 3 is 2.55 bits per heavy atom. The number of alkyl halides is 3. The lowest BCUT2D eigenvalue weighted by atomic mass is 9.86. The van der Waals surface area contributed by atoms with Crippen LogP contribution in [0.25, 0.3) is 0 Å². The first-order valence-electron chi connectivity index (χ1n) is 9.33. The molecule has 10 heteroatoms. The summed E-state index contributed by atoms with van der Waals surface area (Å²) in [5.41, 5.74) is 6.23. The fraction of sp³-hybridized carbons (Fsp3) is 0.421. The van der Waals surface area contributed by atoms with Crippen LogP contribution in [0.15, 0.2) is 30.5 Å². The van der Waals surface area contributed by atoms with Gasteiger partial charge in [-0.25, -0.2) is 15.8 Å². The van der Waals surface area contributed by atoms with E-state index in [2.05, 4.69) is 20.7 Å². The number of hydrazine groups is 1. The molecule has 0 unspecified atom stereocenters. The van der Waals surface area contributed by atoms with E-state index in [0.29, 0.717) is 12.5 Å². The van der Waals surface area contributed by atoms with E-state index in [4.69, 9.17) is 11.6 Å². The fourth-order valence-corrected chi connectivity index (χ4v) is 3.43. The fourth-order valence-electron chi connectivity index (χ4n) is 3.43. The number of pyridine rings is 2. The summed E-state index contributed by atoms with van der Waals surface area (Å²) in [6.07, 6.45) is 0.384. The Morgan fingerprint density at radius 2 is 1.90 bits per heavy atom. The molecule has 2 heterocycles. The summed E-state index contributed by atoms with van der Waals surface area (Å²) >= 11 is 0. The Morgan fingerprint density at radius 1 is 1.17 bits per heavy atom. The standard InChI is InChI=1S/C19H23F3N6O/c20-19(21,22)14-7-8-15(26-10-11-3-5-12(23)6-4-11)27-16(14)17(29)13-2-1-9-25-18(13)28-24/h1-2,7-9,11-12H,3-6,10,23-24H2,(H,25,28)(H,26,27). The number of nitrogen functional groups attached to an aromatic ring is 1. The minimum Gasteiger partial charge on any atom is -0.370 e. The van der Waals surface area contributed by atoms with Crippen LogP contribution in [0.4, 0.5) is 24.8 Å². The van der Waals surface area contributed by atoms with Crippen LogP contribution in [0, 0.1) is 5.92 Å². The first-order chi connectivity index (χ1) is 13.8. The molecular weight excluding hydrogens is 385 g/mol. The molecule has 0 amide bonds. The number of carbonyl (C=O) groups is 1. The Balaban J connectivity index is 1.87. The van der Waals surface area contributed by atoms with Crippen LogP contribution in [0.3, 0.4) is 0 Å². The molecule has 1 aliphatic rings. The van der Waals surface area contributed by atoms with Gasteiger partial charge in [0.2, 0.25) is 5.78 Å². The van der Waals surface area contributed by atoms with Gasteiger partial charge in [0.05, 0.1) is 11.1 Å². The molecule has 1 aliphatic carbocycles. The van der Waals surface area contributed by atoms with Crippen molar-refractivity contribution in [1.82, 2.24) is 9.97 Å². The molecule has 0 aromatic carbocycles. The molecule has 29 heavy (non-hydrogen) atoms. The van der Waals surface area contributed by atoms with E-state index in [-0.39, 0.29) is 23.2 Å². The minimum atomic E-state index is -4.73. The maximum absolute atomic E-state index is 13.5. The topological polar surface area (TPSA) is 119 Å². The number of nitrogens with zero attached hydrogens (tertiary/aromatic N) is 2. The summed E-state index contributed by atoms with van der Waals surface area (Å²) in [6, 6.07) is 5.10. The predicted octanol–water partition coefficient (Wildman–Crippen LogP) is 2.94. The van der Waals surface area contributed by atoms with Gasteiger partial charge in [-0.15, -0.1) is 0 Å². The number of halogens is 3. The van der Waals surface area contributed by atoms with Gasteiger partial charge in [0.1, 0.15) is 11.5 Å². The van der Waals surface area contributed by atoms with Crippen molar-refractivity contribution in [2.45, 2.75) is 37.9 Å². The number of anilines is 2. The van der Waals surface area contributed by atoms with E-state index in [1.807, 2.05) is 0 Å². The van der Waals surface area contributed by atoms with E-state index >= 15 is 0 Å². The second kappa shape index (κ2) is 8.75. The van der Waals surface area contributed by atoms with Gasteiger partial charge >= 0.3 is 6.18 Å². The zero-order valence-electron chi connectivity index (χ0n) is 15.7. The van der Waals surface area contributed by atoms with Crippen LogP contribution in [0.1, 0.15) is 47.3 Å². The summed E-state index contributed by atoms with van der Waals surface area (Å²) in [5, 5.41) is 3.06. The maximum Gasteiger partial charge on any atom is 0.418 e. The summed E-state index contributed by atoms with van der Waals surface area (Å²) in [6.45, 7) is 0.557. The zero-order valence-corrected chi connectivity index (χ0v) is 15.7. The molecule has 0 radical (unpaired) electrons. The number of hydrogen-bond donors (Lipinski definition) is 4. The zero-order chi connectivity index (χ0) is 21.0. The lowest BCUT2D eigenvalue weighted by molar-refractivity contribution is -0.138. The molecule has 0 spiro atoms. The van der Waals surface area contributed by atoms with Crippen molar-refractivity contribution >= 4 is 17.4 Å². The van der Waals surface area contributed by atoms with Crippen LogP contribution >= 0.6 is 0 Å². The average molecular weight is 408 g/mol. The average Bonchev–Trinajstić information content (AvgIpc) is 2.72. The van der Waals surface area contributed by atoms with Gasteiger partial charge < -0.3 is 16.5 Å².